The van der Waals surface area contributed by atoms with Crippen LogP contribution < -0.4 is 4.74 Å². The fraction of sp³-hybridized carbons (Fsp3) is 0.533. The van der Waals surface area contributed by atoms with Crippen molar-refractivity contribution in [2.45, 2.75) is 40.0 Å². The first kappa shape index (κ1) is 13.8. The highest BCUT2D eigenvalue weighted by molar-refractivity contribution is 5.98. The minimum atomic E-state index is 0.159. The minimum absolute atomic E-state index is 0.159. The van der Waals surface area contributed by atoms with Gasteiger partial charge in [-0.15, -0.1) is 0 Å². The molecule has 0 heterocycles. The van der Waals surface area contributed by atoms with Crippen LogP contribution in [0.3, 0.4) is 0 Å². The van der Waals surface area contributed by atoms with E-state index in [0.717, 1.165) is 0 Å². The highest BCUT2D eigenvalue weighted by Crippen LogP contribution is 2.26. The van der Waals surface area contributed by atoms with E-state index in [1.807, 2.05) is 32.0 Å². The smallest absolute Gasteiger partial charge is 0.166 e. The number of hydrogen-bond acceptors (Lipinski definition) is 2. The molecule has 0 aliphatic heterocycles. The molecule has 0 saturated heterocycles. The fourth-order valence-corrected chi connectivity index (χ4v) is 1.78. The first-order chi connectivity index (χ1) is 7.95. The van der Waals surface area contributed by atoms with Crippen molar-refractivity contribution >= 4 is 5.78 Å². The lowest BCUT2D eigenvalue weighted by molar-refractivity contribution is 0.0965. The van der Waals surface area contributed by atoms with Gasteiger partial charge in [0.05, 0.1) is 12.7 Å². The molecule has 0 amide bonds. The third-order valence-electron chi connectivity index (χ3n) is 2.79. The molecule has 0 unspecified atom stereocenters. The molecule has 0 saturated carbocycles. The van der Waals surface area contributed by atoms with E-state index in [4.69, 9.17) is 4.74 Å². The summed E-state index contributed by atoms with van der Waals surface area (Å²) in [7, 11) is 1.62. The van der Waals surface area contributed by atoms with Crippen molar-refractivity contribution in [2.24, 2.45) is 5.92 Å². The molecule has 0 radical (unpaired) electrons. The molecule has 94 valence electrons. The third-order valence-corrected chi connectivity index (χ3v) is 2.79. The summed E-state index contributed by atoms with van der Waals surface area (Å²) in [5, 5.41) is 0. The van der Waals surface area contributed by atoms with Crippen LogP contribution in [-0.2, 0) is 0 Å². The summed E-state index contributed by atoms with van der Waals surface area (Å²) in [6.45, 7) is 8.36. The average Bonchev–Trinajstić information content (AvgIpc) is 2.27. The lowest BCUT2D eigenvalue weighted by Crippen LogP contribution is -2.06. The van der Waals surface area contributed by atoms with Gasteiger partial charge in [-0.1, -0.05) is 33.8 Å². The average molecular weight is 234 g/mol. The number of rotatable bonds is 5. The Morgan fingerprint density at radius 2 is 1.88 bits per heavy atom. The standard InChI is InChI=1S/C15H22O2/c1-10(2)8-14(16)13-7-6-12(11(3)4)9-15(13)17-5/h6-7,9-11H,8H2,1-5H3. The Labute approximate surface area is 104 Å². The van der Waals surface area contributed by atoms with Crippen molar-refractivity contribution in [1.82, 2.24) is 0 Å². The van der Waals surface area contributed by atoms with Crippen LogP contribution in [0.25, 0.3) is 0 Å². The van der Waals surface area contributed by atoms with Gasteiger partial charge < -0.3 is 4.74 Å². The van der Waals surface area contributed by atoms with E-state index in [1.54, 1.807) is 7.11 Å². The molecule has 0 spiro atoms. The Kier molecular flexibility index (Phi) is 4.73. The summed E-state index contributed by atoms with van der Waals surface area (Å²) in [4.78, 5) is 12.0. The van der Waals surface area contributed by atoms with Crippen molar-refractivity contribution in [2.75, 3.05) is 7.11 Å². The maximum atomic E-state index is 12.0. The summed E-state index contributed by atoms with van der Waals surface area (Å²) in [6.07, 6.45) is 0.567. The second-order valence-corrected chi connectivity index (χ2v) is 5.14. The molecule has 0 atom stereocenters. The highest BCUT2D eigenvalue weighted by Gasteiger charge is 2.14. The van der Waals surface area contributed by atoms with Gasteiger partial charge in [0.15, 0.2) is 5.78 Å². The summed E-state index contributed by atoms with van der Waals surface area (Å²) in [5.41, 5.74) is 1.90. The molecule has 0 fully saturated rings. The third kappa shape index (κ3) is 3.58. The number of methoxy groups -OCH3 is 1. The molecule has 17 heavy (non-hydrogen) atoms. The lowest BCUT2D eigenvalue weighted by Gasteiger charge is -2.12. The molecule has 0 bridgehead atoms. The fourth-order valence-electron chi connectivity index (χ4n) is 1.78. The Morgan fingerprint density at radius 1 is 1.24 bits per heavy atom. The van der Waals surface area contributed by atoms with Crippen molar-refractivity contribution in [3.05, 3.63) is 29.3 Å². The number of carbonyl (C=O) groups excluding carboxylic acids is 1. The molecular formula is C15H22O2. The maximum Gasteiger partial charge on any atom is 0.166 e. The van der Waals surface area contributed by atoms with Gasteiger partial charge in [0.2, 0.25) is 0 Å². The van der Waals surface area contributed by atoms with Gasteiger partial charge in [-0.2, -0.15) is 0 Å². The van der Waals surface area contributed by atoms with Crippen LogP contribution >= 0.6 is 0 Å². The number of ether oxygens (including phenoxy) is 1. The number of benzene rings is 1. The van der Waals surface area contributed by atoms with Gasteiger partial charge in [0.25, 0.3) is 0 Å². The van der Waals surface area contributed by atoms with E-state index in [0.29, 0.717) is 29.6 Å². The first-order valence-corrected chi connectivity index (χ1v) is 6.16. The van der Waals surface area contributed by atoms with Crippen LogP contribution in [0.1, 0.15) is 56.0 Å². The van der Waals surface area contributed by atoms with Crippen LogP contribution in [0.15, 0.2) is 18.2 Å². The molecule has 0 N–H and O–H groups in total. The van der Waals surface area contributed by atoms with E-state index in [-0.39, 0.29) is 5.78 Å². The van der Waals surface area contributed by atoms with E-state index >= 15 is 0 Å². The zero-order chi connectivity index (χ0) is 13.0. The van der Waals surface area contributed by atoms with Gasteiger partial charge in [0.1, 0.15) is 5.75 Å². The van der Waals surface area contributed by atoms with Gasteiger partial charge in [-0.05, 0) is 29.5 Å². The lowest BCUT2D eigenvalue weighted by atomic mass is 9.96. The highest BCUT2D eigenvalue weighted by atomic mass is 16.5. The minimum Gasteiger partial charge on any atom is -0.496 e. The normalized spacial score (nSPS) is 11.0. The zero-order valence-corrected chi connectivity index (χ0v) is 11.4. The van der Waals surface area contributed by atoms with Gasteiger partial charge in [-0.3, -0.25) is 4.79 Å². The van der Waals surface area contributed by atoms with Gasteiger partial charge in [-0.25, -0.2) is 0 Å². The van der Waals surface area contributed by atoms with E-state index in [9.17, 15) is 4.79 Å². The molecule has 0 aliphatic carbocycles. The molecular weight excluding hydrogens is 212 g/mol. The van der Waals surface area contributed by atoms with Crippen LogP contribution in [0.4, 0.5) is 0 Å². The molecule has 2 nitrogen and oxygen atoms in total. The Bertz CT molecular complexity index is 392. The summed E-state index contributed by atoms with van der Waals surface area (Å²) >= 11 is 0. The number of Topliss-reactive ketones (excluding diaryl/α,β-unsaturated/α-hetero) is 1. The van der Waals surface area contributed by atoms with Crippen LogP contribution in [0.2, 0.25) is 0 Å². The predicted octanol–water partition coefficient (Wildman–Crippen LogP) is 4.05. The molecule has 1 aromatic rings. The second-order valence-electron chi connectivity index (χ2n) is 5.14. The van der Waals surface area contributed by atoms with Gasteiger partial charge in [0, 0.05) is 6.42 Å². The van der Waals surface area contributed by atoms with E-state index in [2.05, 4.69) is 13.8 Å². The van der Waals surface area contributed by atoms with Crippen LogP contribution in [-0.4, -0.2) is 12.9 Å². The number of hydrogen-bond donors (Lipinski definition) is 0. The predicted molar refractivity (Wildman–Crippen MR) is 70.9 cm³/mol. The topological polar surface area (TPSA) is 26.3 Å². The van der Waals surface area contributed by atoms with Crippen molar-refractivity contribution in [3.63, 3.8) is 0 Å². The quantitative estimate of drug-likeness (QED) is 0.718. The number of ketones is 1. The first-order valence-electron chi connectivity index (χ1n) is 6.16. The molecule has 0 aliphatic rings. The summed E-state index contributed by atoms with van der Waals surface area (Å²) in [5.74, 6) is 1.67. The summed E-state index contributed by atoms with van der Waals surface area (Å²) in [6, 6.07) is 5.87. The summed E-state index contributed by atoms with van der Waals surface area (Å²) < 4.78 is 5.32. The zero-order valence-electron chi connectivity index (χ0n) is 11.4. The van der Waals surface area contributed by atoms with E-state index < -0.39 is 0 Å². The monoisotopic (exact) mass is 234 g/mol. The van der Waals surface area contributed by atoms with Crippen molar-refractivity contribution in [3.8, 4) is 5.75 Å². The Balaban J connectivity index is 3.04. The SMILES string of the molecule is COc1cc(C(C)C)ccc1C(=O)CC(C)C. The van der Waals surface area contributed by atoms with Crippen molar-refractivity contribution in [1.29, 1.82) is 0 Å². The second kappa shape index (κ2) is 5.85. The number of carbonyl (C=O) groups is 1. The van der Waals surface area contributed by atoms with E-state index in [1.165, 1.54) is 5.56 Å². The molecule has 1 rings (SSSR count). The Morgan fingerprint density at radius 3 is 2.35 bits per heavy atom. The maximum absolute atomic E-state index is 12.0. The Hall–Kier alpha value is -1.31. The van der Waals surface area contributed by atoms with Crippen LogP contribution in [0.5, 0.6) is 5.75 Å². The van der Waals surface area contributed by atoms with Crippen molar-refractivity contribution < 1.29 is 9.53 Å². The largest absolute Gasteiger partial charge is 0.496 e. The van der Waals surface area contributed by atoms with Crippen LogP contribution in [0, 0.1) is 5.92 Å². The molecule has 2 heteroatoms. The van der Waals surface area contributed by atoms with Gasteiger partial charge >= 0.3 is 0 Å². The molecule has 1 aromatic carbocycles. The molecule has 0 aromatic heterocycles.